The normalized spacial score (nSPS) is 17.0. The zero-order chi connectivity index (χ0) is 15.3. The van der Waals surface area contributed by atoms with Gasteiger partial charge in [0, 0.05) is 6.42 Å². The van der Waals surface area contributed by atoms with E-state index in [0.29, 0.717) is 6.42 Å². The average molecular weight is 321 g/mol. The first kappa shape index (κ1) is 22.1. The minimum Gasteiger partial charge on any atom is -1.00 e. The van der Waals surface area contributed by atoms with Crippen LogP contribution in [0, 0.1) is 0 Å². The van der Waals surface area contributed by atoms with Crippen LogP contribution in [-0.2, 0) is 14.3 Å². The summed E-state index contributed by atoms with van der Waals surface area (Å²) in [7, 11) is 0. The molecular weight excluding hydrogens is 289 g/mol. The monoisotopic (exact) mass is 321 g/mol. The van der Waals surface area contributed by atoms with Crippen LogP contribution in [0.25, 0.3) is 0 Å². The van der Waals surface area contributed by atoms with Crippen molar-refractivity contribution in [1.29, 1.82) is 0 Å². The Hall–Kier alpha value is 0.1000. The molecule has 1 fully saturated rings. The summed E-state index contributed by atoms with van der Waals surface area (Å²) in [6.07, 6.45) is 13.1. The van der Waals surface area contributed by atoms with E-state index in [2.05, 4.69) is 12.2 Å². The maximum absolute atomic E-state index is 11.6. The molecule has 0 radical (unpaired) electrons. The summed E-state index contributed by atoms with van der Waals surface area (Å²) in [6, 6.07) is -0.267. The standard InChI is InChI=1S/C17H31NO3.Na.H/c1-2-3-4-5-6-7-8-9-10-13-16(19)21-17(20)15-12-11-14-18-15;;/h15,18H,2-14H2,1H3;;/q;+1;-1/t15-;;/m0../s1. The van der Waals surface area contributed by atoms with Gasteiger partial charge in [0.25, 0.3) is 0 Å². The number of carbonyl (C=O) groups excluding carboxylic acids is 2. The molecule has 0 aromatic rings. The molecule has 1 saturated heterocycles. The maximum Gasteiger partial charge on any atom is 1.00 e. The van der Waals surface area contributed by atoms with Gasteiger partial charge >= 0.3 is 41.5 Å². The largest absolute Gasteiger partial charge is 1.00 e. The van der Waals surface area contributed by atoms with E-state index < -0.39 is 5.97 Å². The summed E-state index contributed by atoms with van der Waals surface area (Å²) in [5.74, 6) is -0.759. The van der Waals surface area contributed by atoms with Crippen LogP contribution in [0.1, 0.15) is 85.4 Å². The molecule has 0 aromatic carbocycles. The summed E-state index contributed by atoms with van der Waals surface area (Å²) in [5.41, 5.74) is 0. The van der Waals surface area contributed by atoms with Crippen LogP contribution in [0.5, 0.6) is 0 Å². The molecular formula is C17H32NNaO3. The van der Waals surface area contributed by atoms with Gasteiger partial charge in [0.2, 0.25) is 0 Å². The second-order valence-corrected chi connectivity index (χ2v) is 6.02. The number of hydrogen-bond acceptors (Lipinski definition) is 4. The van der Waals surface area contributed by atoms with E-state index in [1.807, 2.05) is 0 Å². The topological polar surface area (TPSA) is 55.4 Å². The van der Waals surface area contributed by atoms with E-state index in [4.69, 9.17) is 4.74 Å². The molecule has 0 bridgehead atoms. The Balaban J connectivity index is 0. The van der Waals surface area contributed by atoms with Crippen LogP contribution < -0.4 is 34.9 Å². The summed E-state index contributed by atoms with van der Waals surface area (Å²) in [5, 5.41) is 3.04. The fraction of sp³-hybridized carbons (Fsp3) is 0.882. The molecule has 124 valence electrons. The Morgan fingerprint density at radius 3 is 2.18 bits per heavy atom. The fourth-order valence-corrected chi connectivity index (χ4v) is 2.70. The molecule has 1 atom stereocenters. The van der Waals surface area contributed by atoms with Gasteiger partial charge in [0.05, 0.1) is 0 Å². The molecule has 1 N–H and O–H groups in total. The molecule has 1 heterocycles. The molecule has 1 rings (SSSR count). The van der Waals surface area contributed by atoms with Crippen molar-refractivity contribution in [2.75, 3.05) is 6.54 Å². The van der Waals surface area contributed by atoms with E-state index in [1.54, 1.807) is 0 Å². The van der Waals surface area contributed by atoms with Gasteiger partial charge in [0.1, 0.15) is 6.04 Å². The third-order valence-corrected chi connectivity index (χ3v) is 4.04. The Bertz CT molecular complexity index is 310. The number of rotatable bonds is 11. The van der Waals surface area contributed by atoms with Gasteiger partial charge in [-0.3, -0.25) is 4.79 Å². The van der Waals surface area contributed by atoms with Gasteiger partial charge in [-0.2, -0.15) is 0 Å². The van der Waals surface area contributed by atoms with Crippen LogP contribution in [0.4, 0.5) is 0 Å². The predicted molar refractivity (Wildman–Crippen MR) is 85.1 cm³/mol. The number of esters is 2. The van der Waals surface area contributed by atoms with Gasteiger partial charge in [-0.15, -0.1) is 0 Å². The number of ether oxygens (including phenoxy) is 1. The molecule has 1 aliphatic rings. The third-order valence-electron chi connectivity index (χ3n) is 4.04. The minimum atomic E-state index is -0.395. The van der Waals surface area contributed by atoms with Crippen LogP contribution >= 0.6 is 0 Å². The average Bonchev–Trinajstić information content (AvgIpc) is 3.00. The van der Waals surface area contributed by atoms with Crippen molar-refractivity contribution in [1.82, 2.24) is 5.32 Å². The van der Waals surface area contributed by atoms with Gasteiger partial charge in [-0.05, 0) is 25.8 Å². The zero-order valence-electron chi connectivity index (χ0n) is 15.5. The molecule has 4 nitrogen and oxygen atoms in total. The molecule has 0 amide bonds. The predicted octanol–water partition coefficient (Wildman–Crippen LogP) is 0.846. The first-order valence-corrected chi connectivity index (χ1v) is 8.72. The molecule has 0 spiro atoms. The van der Waals surface area contributed by atoms with E-state index in [1.165, 1.54) is 44.9 Å². The SMILES string of the molecule is CCCCCCCCCCCC(=O)OC(=O)[C@@H]1CCCN1.[H-].[Na+]. The molecule has 1 aliphatic heterocycles. The number of hydrogen-bond donors (Lipinski definition) is 1. The van der Waals surface area contributed by atoms with Gasteiger partial charge in [0.15, 0.2) is 0 Å². The molecule has 0 unspecified atom stereocenters. The Kier molecular flexibility index (Phi) is 14.7. The zero-order valence-corrected chi connectivity index (χ0v) is 16.5. The van der Waals surface area contributed by atoms with Gasteiger partial charge in [-0.1, -0.05) is 58.3 Å². The first-order valence-electron chi connectivity index (χ1n) is 8.72. The van der Waals surface area contributed by atoms with Crippen LogP contribution in [0.3, 0.4) is 0 Å². The van der Waals surface area contributed by atoms with Gasteiger partial charge < -0.3 is 11.5 Å². The minimum absolute atomic E-state index is 0. The molecule has 0 aromatic heterocycles. The van der Waals surface area contributed by atoms with Crippen molar-refractivity contribution in [3.63, 3.8) is 0 Å². The summed E-state index contributed by atoms with van der Waals surface area (Å²) in [4.78, 5) is 23.2. The van der Waals surface area contributed by atoms with Crippen LogP contribution in [0.2, 0.25) is 0 Å². The fourth-order valence-electron chi connectivity index (χ4n) is 2.70. The van der Waals surface area contributed by atoms with E-state index in [0.717, 1.165) is 32.2 Å². The second kappa shape index (κ2) is 14.7. The number of nitrogens with one attached hydrogen (secondary N) is 1. The molecule has 0 aliphatic carbocycles. The van der Waals surface area contributed by atoms with E-state index in [9.17, 15) is 9.59 Å². The summed E-state index contributed by atoms with van der Waals surface area (Å²) < 4.78 is 4.87. The van der Waals surface area contributed by atoms with Crippen molar-refractivity contribution >= 4 is 11.9 Å². The van der Waals surface area contributed by atoms with Crippen molar-refractivity contribution in [3.8, 4) is 0 Å². The molecule has 5 heteroatoms. The van der Waals surface area contributed by atoms with Crippen LogP contribution in [-0.4, -0.2) is 24.5 Å². The molecule has 22 heavy (non-hydrogen) atoms. The van der Waals surface area contributed by atoms with Gasteiger partial charge in [-0.25, -0.2) is 4.79 Å². The van der Waals surface area contributed by atoms with Crippen molar-refractivity contribution in [3.05, 3.63) is 0 Å². The smallest absolute Gasteiger partial charge is 1.00 e. The Morgan fingerprint density at radius 2 is 1.64 bits per heavy atom. The Labute approximate surface area is 158 Å². The second-order valence-electron chi connectivity index (χ2n) is 6.02. The van der Waals surface area contributed by atoms with Crippen molar-refractivity contribution in [2.24, 2.45) is 0 Å². The quantitative estimate of drug-likeness (QED) is 0.265. The molecule has 0 saturated carbocycles. The number of carbonyl (C=O) groups is 2. The van der Waals surface area contributed by atoms with Crippen LogP contribution in [0.15, 0.2) is 0 Å². The van der Waals surface area contributed by atoms with E-state index >= 15 is 0 Å². The Morgan fingerprint density at radius 1 is 1.05 bits per heavy atom. The number of unbranched alkanes of at least 4 members (excludes halogenated alkanes) is 8. The summed E-state index contributed by atoms with van der Waals surface area (Å²) >= 11 is 0. The summed E-state index contributed by atoms with van der Waals surface area (Å²) in [6.45, 7) is 3.07. The van der Waals surface area contributed by atoms with Crippen molar-refractivity contribution in [2.45, 2.75) is 90.0 Å². The third kappa shape index (κ3) is 10.8. The maximum atomic E-state index is 11.6. The van der Waals surface area contributed by atoms with E-state index in [-0.39, 0.29) is 43.0 Å². The first-order chi connectivity index (χ1) is 10.2. The van der Waals surface area contributed by atoms with Crippen molar-refractivity contribution < 1.29 is 45.3 Å².